The van der Waals surface area contributed by atoms with Crippen molar-refractivity contribution in [3.63, 3.8) is 0 Å². The molecule has 2 aromatic rings. The number of hydrogen-bond donors (Lipinski definition) is 4. The summed E-state index contributed by atoms with van der Waals surface area (Å²) in [4.78, 5) is 41.6. The van der Waals surface area contributed by atoms with Gasteiger partial charge in [0.2, 0.25) is 11.8 Å². The Hall–Kier alpha value is -3.75. The number of aryl methyl sites for hydroxylation is 1. The van der Waals surface area contributed by atoms with E-state index < -0.39 is 29.7 Å². The molecule has 9 nitrogen and oxygen atoms in total. The molecule has 3 amide bonds. The number of unbranched alkanes of at least 4 members (excludes halogenated alkanes) is 1. The molecule has 0 aliphatic carbocycles. The largest absolute Gasteiger partial charge is 0.508 e. The third-order valence-corrected chi connectivity index (χ3v) is 5.92. The Labute approximate surface area is 225 Å². The van der Waals surface area contributed by atoms with E-state index >= 15 is 0 Å². The molecular formula is C29H41N3O6. The zero-order valence-corrected chi connectivity index (χ0v) is 23.2. The second-order valence-corrected chi connectivity index (χ2v) is 10.3. The van der Waals surface area contributed by atoms with Crippen molar-refractivity contribution in [1.82, 2.24) is 15.5 Å². The number of hydrogen-bond acceptors (Lipinski definition) is 6. The zero-order chi connectivity index (χ0) is 28.5. The summed E-state index contributed by atoms with van der Waals surface area (Å²) in [5, 5.41) is 25.3. The van der Waals surface area contributed by atoms with Gasteiger partial charge in [0.25, 0.3) is 0 Å². The van der Waals surface area contributed by atoms with Gasteiger partial charge in [-0.25, -0.2) is 4.79 Å². The lowest BCUT2D eigenvalue weighted by Gasteiger charge is -2.34. The first-order valence-corrected chi connectivity index (χ1v) is 13.0. The fourth-order valence-corrected chi connectivity index (χ4v) is 3.99. The number of phenols is 2. The number of alkyl carbamates (subject to hydrolysis) is 1. The smallest absolute Gasteiger partial charge is 0.408 e. The van der Waals surface area contributed by atoms with Crippen molar-refractivity contribution < 1.29 is 29.3 Å². The molecule has 4 N–H and O–H groups in total. The number of nitrogens with one attached hydrogen (secondary N) is 2. The molecule has 2 unspecified atom stereocenters. The molecule has 0 saturated carbocycles. The average Bonchev–Trinajstić information content (AvgIpc) is 2.83. The normalized spacial score (nSPS) is 12.8. The molecule has 0 heterocycles. The minimum Gasteiger partial charge on any atom is -0.508 e. The molecule has 0 aliphatic rings. The SMILES string of the molecule is CCCCNC(=O)C(c1ccc(O)c(C)c1)N(CC)C(=O)C(Cc1ccc(O)cc1)NC(=O)OC(C)(C)C. The maximum atomic E-state index is 14.0. The highest BCUT2D eigenvalue weighted by molar-refractivity contribution is 5.92. The highest BCUT2D eigenvalue weighted by Crippen LogP contribution is 2.27. The topological polar surface area (TPSA) is 128 Å². The molecule has 0 aromatic heterocycles. The summed E-state index contributed by atoms with van der Waals surface area (Å²) >= 11 is 0. The van der Waals surface area contributed by atoms with Crippen LogP contribution in [0.4, 0.5) is 4.79 Å². The van der Waals surface area contributed by atoms with Crippen molar-refractivity contribution >= 4 is 17.9 Å². The molecule has 0 aliphatic heterocycles. The van der Waals surface area contributed by atoms with Crippen molar-refractivity contribution in [1.29, 1.82) is 0 Å². The number of carbonyl (C=O) groups excluding carboxylic acids is 3. The van der Waals surface area contributed by atoms with Crippen LogP contribution < -0.4 is 10.6 Å². The predicted molar refractivity (Wildman–Crippen MR) is 146 cm³/mol. The molecule has 38 heavy (non-hydrogen) atoms. The molecule has 0 fully saturated rings. The van der Waals surface area contributed by atoms with Gasteiger partial charge in [0.05, 0.1) is 0 Å². The summed E-state index contributed by atoms with van der Waals surface area (Å²) in [5.41, 5.74) is 1.05. The highest BCUT2D eigenvalue weighted by Gasteiger charge is 2.35. The van der Waals surface area contributed by atoms with Gasteiger partial charge < -0.3 is 30.5 Å². The number of aromatic hydroxyl groups is 2. The van der Waals surface area contributed by atoms with Crippen molar-refractivity contribution in [3.05, 3.63) is 59.2 Å². The number of phenolic OH excluding ortho intramolecular Hbond substituents is 2. The molecule has 0 spiro atoms. The van der Waals surface area contributed by atoms with E-state index in [0.29, 0.717) is 23.2 Å². The number of rotatable bonds is 11. The molecule has 2 atom stereocenters. The molecule has 2 aromatic carbocycles. The second-order valence-electron chi connectivity index (χ2n) is 10.3. The number of likely N-dealkylation sites (N-methyl/N-ethyl adjacent to an activating group) is 1. The molecule has 208 valence electrons. The predicted octanol–water partition coefficient (Wildman–Crippen LogP) is 4.35. The van der Waals surface area contributed by atoms with E-state index in [1.165, 1.54) is 23.1 Å². The summed E-state index contributed by atoms with van der Waals surface area (Å²) in [7, 11) is 0. The maximum absolute atomic E-state index is 14.0. The lowest BCUT2D eigenvalue weighted by Crippen LogP contribution is -2.53. The summed E-state index contributed by atoms with van der Waals surface area (Å²) < 4.78 is 5.41. The maximum Gasteiger partial charge on any atom is 0.408 e. The van der Waals surface area contributed by atoms with E-state index in [4.69, 9.17) is 4.74 Å². The number of ether oxygens (including phenoxy) is 1. The summed E-state index contributed by atoms with van der Waals surface area (Å²) in [6, 6.07) is 9.13. The van der Waals surface area contributed by atoms with Gasteiger partial charge >= 0.3 is 6.09 Å². The van der Waals surface area contributed by atoms with Gasteiger partial charge in [-0.05, 0) is 82.0 Å². The third kappa shape index (κ3) is 8.97. The Balaban J connectivity index is 2.47. The molecular weight excluding hydrogens is 486 g/mol. The van der Waals surface area contributed by atoms with E-state index in [0.717, 1.165) is 12.8 Å². The van der Waals surface area contributed by atoms with E-state index in [1.807, 2.05) is 6.92 Å². The van der Waals surface area contributed by atoms with Crippen molar-refractivity contribution in [2.24, 2.45) is 0 Å². The van der Waals surface area contributed by atoms with Gasteiger partial charge in [0, 0.05) is 19.5 Å². The lowest BCUT2D eigenvalue weighted by molar-refractivity contribution is -0.142. The first kappa shape index (κ1) is 30.5. The van der Waals surface area contributed by atoms with Crippen LogP contribution in [0.25, 0.3) is 0 Å². The monoisotopic (exact) mass is 527 g/mol. The lowest BCUT2D eigenvalue weighted by atomic mass is 9.98. The standard InChI is InChI=1S/C29H41N3O6/c1-7-9-16-30-26(35)25(21-12-15-24(34)19(3)17-21)32(8-2)27(36)23(31-28(37)38-29(4,5)6)18-20-10-13-22(33)14-11-20/h10-15,17,23,25,33-34H,7-9,16,18H2,1-6H3,(H,30,35)(H,31,37). The first-order valence-electron chi connectivity index (χ1n) is 13.0. The van der Waals surface area contributed by atoms with Crippen LogP contribution in [-0.2, 0) is 20.7 Å². The first-order chi connectivity index (χ1) is 17.9. The van der Waals surface area contributed by atoms with Crippen LogP contribution in [0.2, 0.25) is 0 Å². The molecule has 0 saturated heterocycles. The van der Waals surface area contributed by atoms with E-state index in [9.17, 15) is 24.6 Å². The van der Waals surface area contributed by atoms with Gasteiger partial charge in [0.15, 0.2) is 0 Å². The number of nitrogens with zero attached hydrogens (tertiary/aromatic N) is 1. The van der Waals surface area contributed by atoms with Gasteiger partial charge in [-0.2, -0.15) is 0 Å². The number of carbonyl (C=O) groups is 3. The zero-order valence-electron chi connectivity index (χ0n) is 23.2. The van der Waals surface area contributed by atoms with Crippen LogP contribution in [0.5, 0.6) is 11.5 Å². The van der Waals surface area contributed by atoms with E-state index in [1.54, 1.807) is 58.9 Å². The quantitative estimate of drug-likeness (QED) is 0.322. The van der Waals surface area contributed by atoms with Gasteiger partial charge in [0.1, 0.15) is 29.2 Å². The van der Waals surface area contributed by atoms with Gasteiger partial charge in [-0.15, -0.1) is 0 Å². The highest BCUT2D eigenvalue weighted by atomic mass is 16.6. The Kier molecular flexibility index (Phi) is 11.0. The Morgan fingerprint density at radius 2 is 1.68 bits per heavy atom. The summed E-state index contributed by atoms with van der Waals surface area (Å²) in [6.45, 7) is 11.3. The molecule has 2 rings (SSSR count). The number of amides is 3. The number of benzene rings is 2. The van der Waals surface area contributed by atoms with Crippen LogP contribution in [-0.4, -0.2) is 57.8 Å². The van der Waals surface area contributed by atoms with Gasteiger partial charge in [-0.3, -0.25) is 9.59 Å². The fourth-order valence-electron chi connectivity index (χ4n) is 3.99. The van der Waals surface area contributed by atoms with Crippen molar-refractivity contribution in [3.8, 4) is 11.5 Å². The van der Waals surface area contributed by atoms with Crippen LogP contribution in [0, 0.1) is 6.92 Å². The Bertz CT molecular complexity index is 1090. The molecule has 0 radical (unpaired) electrons. The van der Waals surface area contributed by atoms with Crippen molar-refractivity contribution in [2.75, 3.05) is 13.1 Å². The van der Waals surface area contributed by atoms with Crippen LogP contribution >= 0.6 is 0 Å². The Morgan fingerprint density at radius 3 is 2.24 bits per heavy atom. The van der Waals surface area contributed by atoms with E-state index in [-0.39, 0.29) is 30.4 Å². The summed E-state index contributed by atoms with van der Waals surface area (Å²) in [5.74, 6) is -0.643. The van der Waals surface area contributed by atoms with Crippen LogP contribution in [0.1, 0.15) is 70.2 Å². The molecule has 9 heteroatoms. The molecule has 0 bridgehead atoms. The van der Waals surface area contributed by atoms with Gasteiger partial charge in [-0.1, -0.05) is 31.5 Å². The minimum absolute atomic E-state index is 0.0819. The van der Waals surface area contributed by atoms with Crippen LogP contribution in [0.15, 0.2) is 42.5 Å². The fraction of sp³-hybridized carbons (Fsp3) is 0.483. The Morgan fingerprint density at radius 1 is 1.03 bits per heavy atom. The summed E-state index contributed by atoms with van der Waals surface area (Å²) in [6.07, 6.45) is 1.05. The van der Waals surface area contributed by atoms with E-state index in [2.05, 4.69) is 10.6 Å². The van der Waals surface area contributed by atoms with Crippen molar-refractivity contribution in [2.45, 2.75) is 78.5 Å². The third-order valence-electron chi connectivity index (χ3n) is 5.92. The van der Waals surface area contributed by atoms with Crippen LogP contribution in [0.3, 0.4) is 0 Å². The second kappa shape index (κ2) is 13.7. The average molecular weight is 528 g/mol. The minimum atomic E-state index is -1.04.